The first-order valence-corrected chi connectivity index (χ1v) is 7.00. The fourth-order valence-corrected chi connectivity index (χ4v) is 1.71. The van der Waals surface area contributed by atoms with Gasteiger partial charge in [-0.05, 0) is 26.0 Å². The van der Waals surface area contributed by atoms with E-state index in [4.69, 9.17) is 5.73 Å². The Labute approximate surface area is 136 Å². The van der Waals surface area contributed by atoms with Gasteiger partial charge in [-0.2, -0.15) is 13.2 Å². The SMILES string of the molecule is CC(C)(CNc1cc(C(F)(F)F)nc(-c2ccncc2)n1)C(N)=O. The van der Waals surface area contributed by atoms with E-state index >= 15 is 0 Å². The zero-order chi connectivity index (χ0) is 18.0. The number of primary amides is 1. The Morgan fingerprint density at radius 3 is 2.38 bits per heavy atom. The van der Waals surface area contributed by atoms with Crippen LogP contribution in [0, 0.1) is 5.41 Å². The van der Waals surface area contributed by atoms with Gasteiger partial charge in [0.05, 0.1) is 5.41 Å². The molecule has 0 saturated heterocycles. The molecule has 24 heavy (non-hydrogen) atoms. The third kappa shape index (κ3) is 4.18. The summed E-state index contributed by atoms with van der Waals surface area (Å²) in [6.45, 7) is 3.20. The van der Waals surface area contributed by atoms with Crippen LogP contribution in [-0.4, -0.2) is 27.4 Å². The molecule has 9 heteroatoms. The quantitative estimate of drug-likeness (QED) is 0.873. The van der Waals surface area contributed by atoms with Crippen molar-refractivity contribution in [3.63, 3.8) is 0 Å². The van der Waals surface area contributed by atoms with E-state index in [9.17, 15) is 18.0 Å². The van der Waals surface area contributed by atoms with Crippen LogP contribution in [0.25, 0.3) is 11.4 Å². The summed E-state index contributed by atoms with van der Waals surface area (Å²) in [5.41, 5.74) is 3.63. The minimum atomic E-state index is -4.62. The second-order valence-corrected chi connectivity index (χ2v) is 5.80. The molecule has 0 fully saturated rings. The highest BCUT2D eigenvalue weighted by Gasteiger charge is 2.34. The van der Waals surface area contributed by atoms with Gasteiger partial charge in [0.1, 0.15) is 5.82 Å². The molecule has 2 heterocycles. The molecular formula is C15H16F3N5O. The normalized spacial score (nSPS) is 12.0. The summed E-state index contributed by atoms with van der Waals surface area (Å²) >= 11 is 0. The van der Waals surface area contributed by atoms with E-state index < -0.39 is 23.2 Å². The molecule has 0 atom stereocenters. The molecule has 2 aromatic rings. The molecule has 0 aliphatic rings. The van der Waals surface area contributed by atoms with Crippen molar-refractivity contribution in [2.45, 2.75) is 20.0 Å². The fourth-order valence-electron chi connectivity index (χ4n) is 1.71. The van der Waals surface area contributed by atoms with Crippen LogP contribution in [0.4, 0.5) is 19.0 Å². The lowest BCUT2D eigenvalue weighted by Gasteiger charge is -2.21. The molecule has 0 aromatic carbocycles. The number of aromatic nitrogens is 3. The first kappa shape index (κ1) is 17.6. The van der Waals surface area contributed by atoms with Crippen LogP contribution in [0.3, 0.4) is 0 Å². The van der Waals surface area contributed by atoms with E-state index in [2.05, 4.69) is 20.3 Å². The van der Waals surface area contributed by atoms with Gasteiger partial charge in [-0.15, -0.1) is 0 Å². The van der Waals surface area contributed by atoms with E-state index in [1.54, 1.807) is 13.8 Å². The molecule has 0 aliphatic carbocycles. The molecule has 0 radical (unpaired) electrons. The standard InChI is InChI=1S/C15H16F3N5O/c1-14(2,13(19)24)8-21-11-7-10(15(16,17)18)22-12(23-11)9-3-5-20-6-4-9/h3-7H,8H2,1-2H3,(H2,19,24)(H,21,22,23). The Morgan fingerprint density at radius 2 is 1.83 bits per heavy atom. The Morgan fingerprint density at radius 1 is 1.21 bits per heavy atom. The third-order valence-electron chi connectivity index (χ3n) is 3.33. The van der Waals surface area contributed by atoms with E-state index in [-0.39, 0.29) is 18.2 Å². The molecule has 2 rings (SSSR count). The number of nitrogens with zero attached hydrogens (tertiary/aromatic N) is 3. The van der Waals surface area contributed by atoms with Crippen LogP contribution in [0.5, 0.6) is 0 Å². The van der Waals surface area contributed by atoms with Gasteiger partial charge in [0, 0.05) is 30.6 Å². The molecule has 0 saturated carbocycles. The number of pyridine rings is 1. The number of rotatable bonds is 5. The number of carbonyl (C=O) groups excluding carboxylic acids is 1. The maximum Gasteiger partial charge on any atom is 0.433 e. The number of hydrogen-bond donors (Lipinski definition) is 2. The van der Waals surface area contributed by atoms with Crippen LogP contribution in [0.2, 0.25) is 0 Å². The van der Waals surface area contributed by atoms with Gasteiger partial charge in [-0.25, -0.2) is 9.97 Å². The highest BCUT2D eigenvalue weighted by atomic mass is 19.4. The van der Waals surface area contributed by atoms with Crippen LogP contribution in [-0.2, 0) is 11.0 Å². The second-order valence-electron chi connectivity index (χ2n) is 5.80. The Balaban J connectivity index is 2.39. The molecule has 0 spiro atoms. The maximum absolute atomic E-state index is 13.1. The number of amides is 1. The predicted octanol–water partition coefficient (Wildman–Crippen LogP) is 2.48. The zero-order valence-corrected chi connectivity index (χ0v) is 13.1. The van der Waals surface area contributed by atoms with Gasteiger partial charge >= 0.3 is 6.18 Å². The van der Waals surface area contributed by atoms with Crippen molar-refractivity contribution in [1.82, 2.24) is 15.0 Å². The summed E-state index contributed by atoms with van der Waals surface area (Å²) in [5, 5.41) is 2.72. The highest BCUT2D eigenvalue weighted by molar-refractivity contribution is 5.80. The molecular weight excluding hydrogens is 323 g/mol. The maximum atomic E-state index is 13.1. The molecule has 0 aliphatic heterocycles. The fraction of sp³-hybridized carbons (Fsp3) is 0.333. The van der Waals surface area contributed by atoms with Crippen LogP contribution >= 0.6 is 0 Å². The van der Waals surface area contributed by atoms with Crippen LogP contribution in [0.1, 0.15) is 19.5 Å². The number of alkyl halides is 3. The number of nitrogens with two attached hydrogens (primary N) is 1. The van der Waals surface area contributed by atoms with E-state index in [1.807, 2.05) is 0 Å². The predicted molar refractivity (Wildman–Crippen MR) is 81.7 cm³/mol. The van der Waals surface area contributed by atoms with Crippen molar-refractivity contribution in [3.05, 3.63) is 36.3 Å². The van der Waals surface area contributed by atoms with Crippen molar-refractivity contribution in [3.8, 4) is 11.4 Å². The molecule has 0 unspecified atom stereocenters. The minimum Gasteiger partial charge on any atom is -0.369 e. The Hall–Kier alpha value is -2.71. The van der Waals surface area contributed by atoms with Gasteiger partial charge < -0.3 is 11.1 Å². The Bertz CT molecular complexity index is 732. The van der Waals surface area contributed by atoms with Crippen LogP contribution in [0.15, 0.2) is 30.6 Å². The lowest BCUT2D eigenvalue weighted by molar-refractivity contribution is -0.141. The molecule has 128 valence electrons. The highest BCUT2D eigenvalue weighted by Crippen LogP contribution is 2.31. The molecule has 1 amide bonds. The molecule has 2 aromatic heterocycles. The number of nitrogens with one attached hydrogen (secondary N) is 1. The van der Waals surface area contributed by atoms with Gasteiger partial charge in [0.2, 0.25) is 5.91 Å². The average molecular weight is 339 g/mol. The summed E-state index contributed by atoms with van der Waals surface area (Å²) in [4.78, 5) is 22.8. The van der Waals surface area contributed by atoms with E-state index in [0.29, 0.717) is 5.56 Å². The molecule has 0 bridgehead atoms. The van der Waals surface area contributed by atoms with E-state index in [0.717, 1.165) is 6.07 Å². The van der Waals surface area contributed by atoms with Crippen molar-refractivity contribution in [2.24, 2.45) is 11.1 Å². The number of hydrogen-bond acceptors (Lipinski definition) is 5. The summed E-state index contributed by atoms with van der Waals surface area (Å²) in [6, 6.07) is 3.81. The Kier molecular flexibility index (Phi) is 4.72. The van der Waals surface area contributed by atoms with E-state index in [1.165, 1.54) is 24.5 Å². The second kappa shape index (κ2) is 6.42. The lowest BCUT2D eigenvalue weighted by Crippen LogP contribution is -2.37. The summed E-state index contributed by atoms with van der Waals surface area (Å²) < 4.78 is 39.2. The van der Waals surface area contributed by atoms with Crippen molar-refractivity contribution in [1.29, 1.82) is 0 Å². The smallest absolute Gasteiger partial charge is 0.369 e. The first-order chi connectivity index (χ1) is 11.1. The van der Waals surface area contributed by atoms with Crippen molar-refractivity contribution < 1.29 is 18.0 Å². The summed E-state index contributed by atoms with van der Waals surface area (Å²) in [7, 11) is 0. The summed E-state index contributed by atoms with van der Waals surface area (Å²) in [5.74, 6) is -0.709. The molecule has 3 N–H and O–H groups in total. The van der Waals surface area contributed by atoms with Crippen molar-refractivity contribution >= 4 is 11.7 Å². The average Bonchev–Trinajstić information content (AvgIpc) is 2.52. The van der Waals surface area contributed by atoms with Gasteiger partial charge in [0.25, 0.3) is 0 Å². The minimum absolute atomic E-state index is 0.0342. The topological polar surface area (TPSA) is 93.8 Å². The van der Waals surface area contributed by atoms with Crippen molar-refractivity contribution in [2.75, 3.05) is 11.9 Å². The lowest BCUT2D eigenvalue weighted by atomic mass is 9.93. The van der Waals surface area contributed by atoms with Gasteiger partial charge in [-0.1, -0.05) is 0 Å². The monoisotopic (exact) mass is 339 g/mol. The number of halogens is 3. The summed E-state index contributed by atoms with van der Waals surface area (Å²) in [6.07, 6.45) is -1.76. The largest absolute Gasteiger partial charge is 0.433 e. The number of carbonyl (C=O) groups is 1. The van der Waals surface area contributed by atoms with Gasteiger partial charge in [-0.3, -0.25) is 9.78 Å². The number of anilines is 1. The van der Waals surface area contributed by atoms with Crippen LogP contribution < -0.4 is 11.1 Å². The third-order valence-corrected chi connectivity index (χ3v) is 3.33. The zero-order valence-electron chi connectivity index (χ0n) is 13.1. The molecule has 6 nitrogen and oxygen atoms in total. The first-order valence-electron chi connectivity index (χ1n) is 7.00. The van der Waals surface area contributed by atoms with Gasteiger partial charge in [0.15, 0.2) is 11.5 Å².